The van der Waals surface area contributed by atoms with E-state index in [1.165, 1.54) is 10.5 Å². The van der Waals surface area contributed by atoms with Gasteiger partial charge in [0.2, 0.25) is 0 Å². The number of carbonyl (C=O) groups is 1. The molecule has 1 saturated heterocycles. The topological polar surface area (TPSA) is 68.4 Å². The second-order valence-electron chi connectivity index (χ2n) is 5.52. The van der Waals surface area contributed by atoms with Gasteiger partial charge in [0, 0.05) is 36.8 Å². The van der Waals surface area contributed by atoms with Crippen molar-refractivity contribution < 1.29 is 9.53 Å². The number of pyridine rings is 1. The van der Waals surface area contributed by atoms with Gasteiger partial charge in [-0.15, -0.1) is 11.8 Å². The molecule has 0 radical (unpaired) electrons. The molecule has 1 aliphatic heterocycles. The van der Waals surface area contributed by atoms with Crippen molar-refractivity contribution in [3.63, 3.8) is 0 Å². The highest BCUT2D eigenvalue weighted by molar-refractivity contribution is 7.98. The van der Waals surface area contributed by atoms with Crippen LogP contribution in [0.5, 0.6) is 5.75 Å². The maximum atomic E-state index is 11.1. The predicted octanol–water partition coefficient (Wildman–Crippen LogP) is 2.17. The molecule has 0 atom stereocenters. The van der Waals surface area contributed by atoms with E-state index < -0.39 is 5.91 Å². The van der Waals surface area contributed by atoms with Crippen LogP contribution in [0.25, 0.3) is 0 Å². The van der Waals surface area contributed by atoms with E-state index in [2.05, 4.69) is 40.4 Å². The van der Waals surface area contributed by atoms with Gasteiger partial charge in [-0.1, -0.05) is 12.1 Å². The van der Waals surface area contributed by atoms with Gasteiger partial charge < -0.3 is 10.5 Å². The summed E-state index contributed by atoms with van der Waals surface area (Å²) in [6.45, 7) is 2.68. The summed E-state index contributed by atoms with van der Waals surface area (Å²) in [6, 6.07) is 12.0. The summed E-state index contributed by atoms with van der Waals surface area (Å²) in [5.74, 6) is 0.0992. The molecule has 1 aliphatic rings. The van der Waals surface area contributed by atoms with Gasteiger partial charge in [0.1, 0.15) is 17.5 Å². The minimum absolute atomic E-state index is 0.142. The molecule has 1 aromatic carbocycles. The Kier molecular flexibility index (Phi) is 4.83. The minimum atomic E-state index is -0.542. The standard InChI is InChI=1S/C17H19N3O2S/c1-23-15-4-2-12(3-5-15)9-20-10-14(11-20)22-13-6-7-19-16(8-13)17(18)21/h2-8,14H,9-11H2,1H3,(H2,18,21). The summed E-state index contributed by atoms with van der Waals surface area (Å²) in [5.41, 5.74) is 6.76. The number of amides is 1. The second-order valence-corrected chi connectivity index (χ2v) is 6.40. The molecule has 2 heterocycles. The smallest absolute Gasteiger partial charge is 0.267 e. The van der Waals surface area contributed by atoms with Crippen LogP contribution in [0, 0.1) is 0 Å². The third kappa shape index (κ3) is 4.03. The molecular weight excluding hydrogens is 310 g/mol. The number of ether oxygens (including phenoxy) is 1. The molecule has 3 rings (SSSR count). The molecule has 0 bridgehead atoms. The van der Waals surface area contributed by atoms with Crippen molar-refractivity contribution in [2.45, 2.75) is 17.5 Å². The van der Waals surface area contributed by atoms with Crippen molar-refractivity contribution >= 4 is 17.7 Å². The number of hydrogen-bond donors (Lipinski definition) is 1. The highest BCUT2D eigenvalue weighted by Gasteiger charge is 2.28. The van der Waals surface area contributed by atoms with Crippen LogP contribution in [0.15, 0.2) is 47.5 Å². The zero-order valence-electron chi connectivity index (χ0n) is 12.9. The third-order valence-electron chi connectivity index (χ3n) is 3.78. The van der Waals surface area contributed by atoms with Gasteiger partial charge in [-0.3, -0.25) is 14.7 Å². The molecule has 2 N–H and O–H groups in total. The lowest BCUT2D eigenvalue weighted by Gasteiger charge is -2.39. The molecule has 23 heavy (non-hydrogen) atoms. The van der Waals surface area contributed by atoms with Gasteiger partial charge in [0.25, 0.3) is 5.91 Å². The highest BCUT2D eigenvalue weighted by atomic mass is 32.2. The number of likely N-dealkylation sites (tertiary alicyclic amines) is 1. The van der Waals surface area contributed by atoms with Crippen LogP contribution < -0.4 is 10.5 Å². The van der Waals surface area contributed by atoms with E-state index in [-0.39, 0.29) is 11.8 Å². The number of hydrogen-bond acceptors (Lipinski definition) is 5. The Morgan fingerprint density at radius 2 is 2.09 bits per heavy atom. The Morgan fingerprint density at radius 3 is 2.74 bits per heavy atom. The number of rotatable bonds is 6. The van der Waals surface area contributed by atoms with Crippen molar-refractivity contribution in [3.8, 4) is 5.75 Å². The zero-order valence-corrected chi connectivity index (χ0v) is 13.8. The minimum Gasteiger partial charge on any atom is -0.488 e. The van der Waals surface area contributed by atoms with Crippen LogP contribution in [-0.2, 0) is 6.54 Å². The number of benzene rings is 1. The normalized spacial score (nSPS) is 15.2. The zero-order chi connectivity index (χ0) is 16.2. The molecule has 1 fully saturated rings. The Hall–Kier alpha value is -2.05. The van der Waals surface area contributed by atoms with E-state index in [4.69, 9.17) is 10.5 Å². The molecule has 120 valence electrons. The van der Waals surface area contributed by atoms with E-state index in [0.717, 1.165) is 19.6 Å². The van der Waals surface area contributed by atoms with E-state index in [1.807, 2.05) is 0 Å². The fourth-order valence-electron chi connectivity index (χ4n) is 2.53. The highest BCUT2D eigenvalue weighted by Crippen LogP contribution is 2.21. The Bertz CT molecular complexity index is 684. The summed E-state index contributed by atoms with van der Waals surface area (Å²) in [7, 11) is 0. The van der Waals surface area contributed by atoms with E-state index in [1.54, 1.807) is 30.1 Å². The largest absolute Gasteiger partial charge is 0.488 e. The fraction of sp³-hybridized carbons (Fsp3) is 0.294. The molecule has 1 aromatic heterocycles. The van der Waals surface area contributed by atoms with Crippen LogP contribution in [0.3, 0.4) is 0 Å². The molecule has 0 unspecified atom stereocenters. The van der Waals surface area contributed by atoms with Gasteiger partial charge in [-0.05, 0) is 30.0 Å². The Labute approximate surface area is 139 Å². The lowest BCUT2D eigenvalue weighted by atomic mass is 10.1. The van der Waals surface area contributed by atoms with Gasteiger partial charge in [0.05, 0.1) is 0 Å². The van der Waals surface area contributed by atoms with Crippen molar-refractivity contribution in [3.05, 3.63) is 53.9 Å². The van der Waals surface area contributed by atoms with Crippen LogP contribution in [0.4, 0.5) is 0 Å². The van der Waals surface area contributed by atoms with Crippen molar-refractivity contribution in [1.82, 2.24) is 9.88 Å². The first-order valence-electron chi connectivity index (χ1n) is 7.42. The van der Waals surface area contributed by atoms with Crippen LogP contribution in [-0.4, -0.2) is 41.2 Å². The average molecular weight is 329 g/mol. The number of thioether (sulfide) groups is 1. The predicted molar refractivity (Wildman–Crippen MR) is 90.7 cm³/mol. The molecular formula is C17H19N3O2S. The number of nitrogens with two attached hydrogens (primary N) is 1. The van der Waals surface area contributed by atoms with E-state index in [0.29, 0.717) is 5.75 Å². The molecule has 0 saturated carbocycles. The summed E-state index contributed by atoms with van der Waals surface area (Å²) in [6.07, 6.45) is 3.76. The number of nitrogens with zero attached hydrogens (tertiary/aromatic N) is 2. The maximum absolute atomic E-state index is 11.1. The van der Waals surface area contributed by atoms with Crippen LogP contribution in [0.2, 0.25) is 0 Å². The molecule has 0 spiro atoms. The SMILES string of the molecule is CSc1ccc(CN2CC(Oc3ccnc(C(N)=O)c3)C2)cc1. The number of carbonyl (C=O) groups excluding carboxylic acids is 1. The third-order valence-corrected chi connectivity index (χ3v) is 4.52. The molecule has 6 heteroatoms. The molecule has 0 aliphatic carbocycles. The summed E-state index contributed by atoms with van der Waals surface area (Å²) in [5, 5.41) is 0. The van der Waals surface area contributed by atoms with Gasteiger partial charge in [-0.2, -0.15) is 0 Å². The quantitative estimate of drug-likeness (QED) is 0.823. The lowest BCUT2D eigenvalue weighted by Crippen LogP contribution is -2.53. The van der Waals surface area contributed by atoms with Crippen LogP contribution >= 0.6 is 11.8 Å². The summed E-state index contributed by atoms with van der Waals surface area (Å²) < 4.78 is 5.85. The summed E-state index contributed by atoms with van der Waals surface area (Å²) >= 11 is 1.75. The maximum Gasteiger partial charge on any atom is 0.267 e. The molecule has 5 nitrogen and oxygen atoms in total. The van der Waals surface area contributed by atoms with Gasteiger partial charge in [-0.25, -0.2) is 0 Å². The second kappa shape index (κ2) is 7.02. The summed E-state index contributed by atoms with van der Waals surface area (Å²) in [4.78, 5) is 18.6. The first-order chi connectivity index (χ1) is 11.1. The van der Waals surface area contributed by atoms with Gasteiger partial charge >= 0.3 is 0 Å². The number of aromatic nitrogens is 1. The van der Waals surface area contributed by atoms with Crippen LogP contribution in [0.1, 0.15) is 16.1 Å². The lowest BCUT2D eigenvalue weighted by molar-refractivity contribution is 0.0144. The Balaban J connectivity index is 1.49. The van der Waals surface area contributed by atoms with Crippen molar-refractivity contribution in [1.29, 1.82) is 0 Å². The Morgan fingerprint density at radius 1 is 1.35 bits per heavy atom. The fourth-order valence-corrected chi connectivity index (χ4v) is 2.94. The molecule has 2 aromatic rings. The number of primary amides is 1. The average Bonchev–Trinajstić information content (AvgIpc) is 2.53. The van der Waals surface area contributed by atoms with Crippen molar-refractivity contribution in [2.24, 2.45) is 5.73 Å². The monoisotopic (exact) mass is 329 g/mol. The van der Waals surface area contributed by atoms with E-state index >= 15 is 0 Å². The van der Waals surface area contributed by atoms with E-state index in [9.17, 15) is 4.79 Å². The van der Waals surface area contributed by atoms with Gasteiger partial charge in [0.15, 0.2) is 0 Å². The first kappa shape index (κ1) is 15.8. The first-order valence-corrected chi connectivity index (χ1v) is 8.64. The molecule has 1 amide bonds. The van der Waals surface area contributed by atoms with Crippen molar-refractivity contribution in [2.75, 3.05) is 19.3 Å².